The lowest BCUT2D eigenvalue weighted by Gasteiger charge is -2.18. The van der Waals surface area contributed by atoms with Crippen molar-refractivity contribution in [3.63, 3.8) is 0 Å². The minimum absolute atomic E-state index is 0.483. The van der Waals surface area contributed by atoms with Crippen molar-refractivity contribution in [1.82, 2.24) is 5.32 Å². The minimum atomic E-state index is 0.483. The normalized spacial score (nSPS) is 18.8. The van der Waals surface area contributed by atoms with Crippen LogP contribution in [0, 0.1) is 0 Å². The molecule has 2 nitrogen and oxygen atoms in total. The van der Waals surface area contributed by atoms with E-state index in [2.05, 4.69) is 54.7 Å². The summed E-state index contributed by atoms with van der Waals surface area (Å²) in [5.74, 6) is 0.536. The molecular weight excluding hydrogens is 244 g/mol. The van der Waals surface area contributed by atoms with E-state index >= 15 is 0 Å². The number of benzene rings is 2. The van der Waals surface area contributed by atoms with Gasteiger partial charge in [-0.25, -0.2) is 0 Å². The molecule has 0 saturated heterocycles. The smallest absolute Gasteiger partial charge is 0.0326 e. The van der Waals surface area contributed by atoms with E-state index < -0.39 is 0 Å². The predicted octanol–water partition coefficient (Wildman–Crippen LogP) is 3.65. The van der Waals surface area contributed by atoms with Gasteiger partial charge in [-0.05, 0) is 47.6 Å². The van der Waals surface area contributed by atoms with Crippen LogP contribution in [-0.2, 0) is 6.42 Å². The molecule has 0 spiro atoms. The first-order valence-corrected chi connectivity index (χ1v) is 7.40. The fourth-order valence-corrected chi connectivity index (χ4v) is 3.07. The molecule has 1 aliphatic carbocycles. The summed E-state index contributed by atoms with van der Waals surface area (Å²) in [6, 6.07) is 17.5. The zero-order chi connectivity index (χ0) is 13.9. The fraction of sp³-hybridized carbons (Fsp3) is 0.333. The van der Waals surface area contributed by atoms with Gasteiger partial charge in [0, 0.05) is 18.3 Å². The van der Waals surface area contributed by atoms with Gasteiger partial charge >= 0.3 is 0 Å². The lowest BCUT2D eigenvalue weighted by molar-refractivity contribution is 0.504. The number of hydrogen-bond acceptors (Lipinski definition) is 2. The van der Waals surface area contributed by atoms with Crippen LogP contribution in [0.4, 0.5) is 5.69 Å². The van der Waals surface area contributed by atoms with Crippen LogP contribution < -0.4 is 11.1 Å². The Balaban J connectivity index is 1.64. The van der Waals surface area contributed by atoms with E-state index in [-0.39, 0.29) is 0 Å². The quantitative estimate of drug-likeness (QED) is 0.829. The summed E-state index contributed by atoms with van der Waals surface area (Å²) in [6.07, 6.45) is 2.32. The molecule has 0 amide bonds. The van der Waals surface area contributed by atoms with Gasteiger partial charge < -0.3 is 11.1 Å². The van der Waals surface area contributed by atoms with E-state index in [1.165, 1.54) is 23.1 Å². The van der Waals surface area contributed by atoms with E-state index in [9.17, 15) is 0 Å². The molecule has 2 aromatic carbocycles. The molecule has 0 saturated carbocycles. The highest BCUT2D eigenvalue weighted by molar-refractivity contribution is 5.47. The summed E-state index contributed by atoms with van der Waals surface area (Å²) in [4.78, 5) is 0. The molecule has 0 heterocycles. The maximum absolute atomic E-state index is 5.85. The first-order valence-electron chi connectivity index (χ1n) is 7.40. The molecule has 1 aliphatic rings. The number of hydrogen-bond donors (Lipinski definition) is 2. The van der Waals surface area contributed by atoms with Crippen LogP contribution in [0.1, 0.15) is 42.0 Å². The average Bonchev–Trinajstić information content (AvgIpc) is 2.88. The fourth-order valence-electron chi connectivity index (χ4n) is 3.07. The number of aryl methyl sites for hydroxylation is 1. The Hall–Kier alpha value is -1.80. The van der Waals surface area contributed by atoms with Gasteiger partial charge in [-0.3, -0.25) is 0 Å². The largest absolute Gasteiger partial charge is 0.399 e. The van der Waals surface area contributed by atoms with Crippen molar-refractivity contribution in [3.05, 3.63) is 65.2 Å². The zero-order valence-corrected chi connectivity index (χ0v) is 12.0. The number of rotatable bonds is 4. The number of nitrogen functional groups attached to an aromatic ring is 1. The molecule has 2 atom stereocenters. The van der Waals surface area contributed by atoms with Gasteiger partial charge in [0.25, 0.3) is 0 Å². The summed E-state index contributed by atoms with van der Waals surface area (Å²) in [7, 11) is 0. The van der Waals surface area contributed by atoms with Crippen molar-refractivity contribution in [2.75, 3.05) is 12.3 Å². The van der Waals surface area contributed by atoms with E-state index in [1.54, 1.807) is 0 Å². The summed E-state index contributed by atoms with van der Waals surface area (Å²) in [5, 5.41) is 3.71. The van der Waals surface area contributed by atoms with Crippen molar-refractivity contribution in [2.24, 2.45) is 0 Å². The molecule has 3 N–H and O–H groups in total. The van der Waals surface area contributed by atoms with E-state index in [4.69, 9.17) is 5.73 Å². The highest BCUT2D eigenvalue weighted by atomic mass is 14.9. The van der Waals surface area contributed by atoms with Crippen molar-refractivity contribution < 1.29 is 0 Å². The average molecular weight is 266 g/mol. The van der Waals surface area contributed by atoms with Crippen LogP contribution in [0.3, 0.4) is 0 Å². The molecule has 104 valence electrons. The summed E-state index contributed by atoms with van der Waals surface area (Å²) in [6.45, 7) is 3.29. The third-order valence-electron chi connectivity index (χ3n) is 4.28. The van der Waals surface area contributed by atoms with Crippen molar-refractivity contribution in [2.45, 2.75) is 31.7 Å². The highest BCUT2D eigenvalue weighted by Crippen LogP contribution is 2.32. The van der Waals surface area contributed by atoms with Crippen molar-refractivity contribution in [3.8, 4) is 0 Å². The molecule has 0 fully saturated rings. The second-order valence-electron chi connectivity index (χ2n) is 5.77. The Bertz CT molecular complexity index is 577. The van der Waals surface area contributed by atoms with Crippen LogP contribution in [0.15, 0.2) is 48.5 Å². The molecule has 0 aromatic heterocycles. The molecule has 20 heavy (non-hydrogen) atoms. The topological polar surface area (TPSA) is 38.0 Å². The third kappa shape index (κ3) is 2.70. The van der Waals surface area contributed by atoms with Gasteiger partial charge in [0.2, 0.25) is 0 Å². The zero-order valence-electron chi connectivity index (χ0n) is 12.0. The lowest BCUT2D eigenvalue weighted by Crippen LogP contribution is -2.24. The molecule has 2 unspecified atom stereocenters. The highest BCUT2D eigenvalue weighted by Gasteiger charge is 2.22. The van der Waals surface area contributed by atoms with Crippen LogP contribution >= 0.6 is 0 Å². The van der Waals surface area contributed by atoms with Crippen LogP contribution in [-0.4, -0.2) is 6.54 Å². The van der Waals surface area contributed by atoms with E-state index in [1.807, 2.05) is 6.07 Å². The van der Waals surface area contributed by atoms with Gasteiger partial charge in [0.15, 0.2) is 0 Å². The predicted molar refractivity (Wildman–Crippen MR) is 84.8 cm³/mol. The number of anilines is 1. The third-order valence-corrected chi connectivity index (χ3v) is 4.28. The Morgan fingerprint density at radius 1 is 1.20 bits per heavy atom. The van der Waals surface area contributed by atoms with Crippen LogP contribution in [0.5, 0.6) is 0 Å². The molecular formula is C18H22N2. The molecule has 3 rings (SSSR count). The van der Waals surface area contributed by atoms with Gasteiger partial charge in [0.1, 0.15) is 0 Å². The van der Waals surface area contributed by atoms with Crippen molar-refractivity contribution >= 4 is 5.69 Å². The summed E-state index contributed by atoms with van der Waals surface area (Å²) in [5.41, 5.74) is 11.0. The summed E-state index contributed by atoms with van der Waals surface area (Å²) >= 11 is 0. The Labute approximate surface area is 121 Å². The number of fused-ring (bicyclic) bond motifs is 1. The molecule has 0 radical (unpaired) electrons. The van der Waals surface area contributed by atoms with Crippen molar-refractivity contribution in [1.29, 1.82) is 0 Å². The molecule has 0 bridgehead atoms. The minimum Gasteiger partial charge on any atom is -0.399 e. The first kappa shape index (κ1) is 13.2. The first-order chi connectivity index (χ1) is 9.74. The van der Waals surface area contributed by atoms with Gasteiger partial charge in [-0.2, -0.15) is 0 Å². The monoisotopic (exact) mass is 266 g/mol. The van der Waals surface area contributed by atoms with Crippen LogP contribution in [0.2, 0.25) is 0 Å². The molecule has 2 aromatic rings. The standard InChI is InChI=1S/C18H22N2/c1-13(14-5-3-2-4-6-14)12-20-18-10-7-15-11-16(19)8-9-17(15)18/h2-6,8-9,11,13,18,20H,7,10,12,19H2,1H3. The summed E-state index contributed by atoms with van der Waals surface area (Å²) < 4.78 is 0. The maximum Gasteiger partial charge on any atom is 0.0326 e. The Kier molecular flexibility index (Phi) is 3.75. The van der Waals surface area contributed by atoms with Gasteiger partial charge in [0.05, 0.1) is 0 Å². The number of nitrogens with one attached hydrogen (secondary N) is 1. The van der Waals surface area contributed by atoms with Gasteiger partial charge in [-0.1, -0.05) is 43.3 Å². The molecule has 0 aliphatic heterocycles. The second-order valence-corrected chi connectivity index (χ2v) is 5.77. The van der Waals surface area contributed by atoms with Crippen LogP contribution in [0.25, 0.3) is 0 Å². The second kappa shape index (κ2) is 5.68. The maximum atomic E-state index is 5.85. The number of nitrogens with two attached hydrogens (primary N) is 1. The Morgan fingerprint density at radius 3 is 2.80 bits per heavy atom. The van der Waals surface area contributed by atoms with E-state index in [0.717, 1.165) is 18.7 Å². The van der Waals surface area contributed by atoms with E-state index in [0.29, 0.717) is 12.0 Å². The Morgan fingerprint density at radius 2 is 2.00 bits per heavy atom. The lowest BCUT2D eigenvalue weighted by atomic mass is 10.0. The molecule has 2 heteroatoms. The SMILES string of the molecule is CC(CNC1CCc2cc(N)ccc21)c1ccccc1. The van der Waals surface area contributed by atoms with Gasteiger partial charge in [-0.15, -0.1) is 0 Å².